The number of hydrogen-bond acceptors (Lipinski definition) is 2. The Balaban J connectivity index is 2.42. The number of benzene rings is 1. The van der Waals surface area contributed by atoms with Crippen LogP contribution in [0.1, 0.15) is 24.5 Å². The van der Waals surface area contributed by atoms with Crippen LogP contribution >= 0.6 is 0 Å². The number of aryl methyl sites for hydroxylation is 1. The molecule has 1 aromatic carbocycles. The van der Waals surface area contributed by atoms with Gasteiger partial charge >= 0.3 is 0 Å². The zero-order valence-electron chi connectivity index (χ0n) is 9.57. The van der Waals surface area contributed by atoms with Gasteiger partial charge in [-0.2, -0.15) is 0 Å². The van der Waals surface area contributed by atoms with Crippen LogP contribution < -0.4 is 0 Å². The second-order valence-corrected chi connectivity index (χ2v) is 3.97. The molecule has 15 heavy (non-hydrogen) atoms. The first-order chi connectivity index (χ1) is 7.22. The van der Waals surface area contributed by atoms with E-state index >= 15 is 0 Å². The fourth-order valence-electron chi connectivity index (χ4n) is 1.60. The summed E-state index contributed by atoms with van der Waals surface area (Å²) in [5, 5.41) is 9.23. The van der Waals surface area contributed by atoms with E-state index in [1.54, 1.807) is 7.11 Å². The first-order valence-corrected chi connectivity index (χ1v) is 5.47. The highest BCUT2D eigenvalue weighted by Crippen LogP contribution is 2.08. The first kappa shape index (κ1) is 12.2. The lowest BCUT2D eigenvalue weighted by Gasteiger charge is -2.06. The fraction of sp³-hybridized carbons (Fsp3) is 0.538. The van der Waals surface area contributed by atoms with Crippen molar-refractivity contribution in [1.29, 1.82) is 0 Å². The molecule has 84 valence electrons. The highest BCUT2D eigenvalue weighted by atomic mass is 16.5. The summed E-state index contributed by atoms with van der Waals surface area (Å²) in [6.45, 7) is 2.63. The lowest BCUT2D eigenvalue weighted by atomic mass is 10.0. The van der Waals surface area contributed by atoms with Crippen molar-refractivity contribution in [3.8, 4) is 0 Å². The topological polar surface area (TPSA) is 29.5 Å². The third-order valence-electron chi connectivity index (χ3n) is 2.37. The van der Waals surface area contributed by atoms with Crippen LogP contribution in [0, 0.1) is 0 Å². The van der Waals surface area contributed by atoms with E-state index in [2.05, 4.69) is 24.3 Å². The number of ether oxygens (including phenoxy) is 1. The van der Waals surface area contributed by atoms with Crippen LogP contribution in [-0.4, -0.2) is 24.9 Å². The first-order valence-electron chi connectivity index (χ1n) is 5.47. The smallest absolute Gasteiger partial charge is 0.0552 e. The summed E-state index contributed by atoms with van der Waals surface area (Å²) in [6, 6.07) is 8.45. The molecule has 0 aliphatic heterocycles. The van der Waals surface area contributed by atoms with Crippen molar-refractivity contribution < 1.29 is 9.84 Å². The molecule has 0 heterocycles. The SMILES string of the molecule is COCCCc1ccc(CC(C)O)cc1. The van der Waals surface area contributed by atoms with Crippen LogP contribution in [0.15, 0.2) is 24.3 Å². The lowest BCUT2D eigenvalue weighted by Crippen LogP contribution is -2.04. The number of aliphatic hydroxyl groups excluding tert-OH is 1. The molecule has 0 saturated carbocycles. The van der Waals surface area contributed by atoms with Gasteiger partial charge in [0.05, 0.1) is 6.10 Å². The lowest BCUT2D eigenvalue weighted by molar-refractivity contribution is 0.195. The van der Waals surface area contributed by atoms with Crippen LogP contribution in [0.4, 0.5) is 0 Å². The highest BCUT2D eigenvalue weighted by molar-refractivity contribution is 5.23. The van der Waals surface area contributed by atoms with Gasteiger partial charge in [0.15, 0.2) is 0 Å². The standard InChI is InChI=1S/C13H20O2/c1-11(14)10-13-7-5-12(6-8-13)4-3-9-15-2/h5-8,11,14H,3-4,9-10H2,1-2H3. The molecule has 2 nitrogen and oxygen atoms in total. The van der Waals surface area contributed by atoms with Crippen LogP contribution in [0.2, 0.25) is 0 Å². The number of rotatable bonds is 6. The van der Waals surface area contributed by atoms with Gasteiger partial charge in [0.1, 0.15) is 0 Å². The summed E-state index contributed by atoms with van der Waals surface area (Å²) < 4.78 is 5.01. The van der Waals surface area contributed by atoms with Crippen molar-refractivity contribution in [2.45, 2.75) is 32.3 Å². The number of methoxy groups -OCH3 is 1. The van der Waals surface area contributed by atoms with Gasteiger partial charge in [0.2, 0.25) is 0 Å². The highest BCUT2D eigenvalue weighted by Gasteiger charge is 1.99. The van der Waals surface area contributed by atoms with Gasteiger partial charge < -0.3 is 9.84 Å². The van der Waals surface area contributed by atoms with E-state index in [0.717, 1.165) is 25.9 Å². The molecule has 1 N–H and O–H groups in total. The third-order valence-corrected chi connectivity index (χ3v) is 2.37. The molecule has 0 aromatic heterocycles. The van der Waals surface area contributed by atoms with Crippen molar-refractivity contribution in [3.63, 3.8) is 0 Å². The van der Waals surface area contributed by atoms with Gasteiger partial charge in [-0.05, 0) is 37.3 Å². The zero-order valence-corrected chi connectivity index (χ0v) is 9.57. The van der Waals surface area contributed by atoms with Crippen LogP contribution in [-0.2, 0) is 17.6 Å². The summed E-state index contributed by atoms with van der Waals surface area (Å²) >= 11 is 0. The molecule has 0 saturated heterocycles. The van der Waals surface area contributed by atoms with Crippen LogP contribution in [0.3, 0.4) is 0 Å². The quantitative estimate of drug-likeness (QED) is 0.726. The normalized spacial score (nSPS) is 12.7. The second kappa shape index (κ2) is 6.59. The minimum atomic E-state index is -0.260. The summed E-state index contributed by atoms with van der Waals surface area (Å²) in [5.74, 6) is 0. The van der Waals surface area contributed by atoms with E-state index in [0.29, 0.717) is 0 Å². The molecule has 1 aromatic rings. The molecular formula is C13H20O2. The summed E-state index contributed by atoms with van der Waals surface area (Å²) in [6.07, 6.45) is 2.59. The molecule has 1 rings (SSSR count). The van der Waals surface area contributed by atoms with Crippen LogP contribution in [0.5, 0.6) is 0 Å². The Kier molecular flexibility index (Phi) is 5.37. The van der Waals surface area contributed by atoms with Gasteiger partial charge in [0.25, 0.3) is 0 Å². The Morgan fingerprint density at radius 2 is 1.80 bits per heavy atom. The van der Waals surface area contributed by atoms with E-state index in [1.165, 1.54) is 11.1 Å². The maximum atomic E-state index is 9.23. The fourth-order valence-corrected chi connectivity index (χ4v) is 1.60. The molecule has 1 atom stereocenters. The Morgan fingerprint density at radius 3 is 2.33 bits per heavy atom. The predicted octanol–water partition coefficient (Wildman–Crippen LogP) is 2.19. The molecule has 0 amide bonds. The molecule has 0 fully saturated rings. The summed E-state index contributed by atoms with van der Waals surface area (Å²) in [7, 11) is 1.73. The van der Waals surface area contributed by atoms with E-state index < -0.39 is 0 Å². The number of aliphatic hydroxyl groups is 1. The molecule has 0 spiro atoms. The van der Waals surface area contributed by atoms with Crippen molar-refractivity contribution in [2.24, 2.45) is 0 Å². The number of hydrogen-bond donors (Lipinski definition) is 1. The average Bonchev–Trinajstić information content (AvgIpc) is 2.20. The van der Waals surface area contributed by atoms with E-state index in [9.17, 15) is 5.11 Å². The van der Waals surface area contributed by atoms with Gasteiger partial charge in [-0.25, -0.2) is 0 Å². The second-order valence-electron chi connectivity index (χ2n) is 3.97. The minimum Gasteiger partial charge on any atom is -0.393 e. The van der Waals surface area contributed by atoms with Crippen molar-refractivity contribution >= 4 is 0 Å². The average molecular weight is 208 g/mol. The summed E-state index contributed by atoms with van der Waals surface area (Å²) in [4.78, 5) is 0. The largest absolute Gasteiger partial charge is 0.393 e. The van der Waals surface area contributed by atoms with Gasteiger partial charge in [-0.15, -0.1) is 0 Å². The Morgan fingerprint density at radius 1 is 1.20 bits per heavy atom. The molecule has 2 heteroatoms. The predicted molar refractivity (Wildman–Crippen MR) is 62.0 cm³/mol. The zero-order chi connectivity index (χ0) is 11.1. The van der Waals surface area contributed by atoms with Gasteiger partial charge in [0, 0.05) is 13.7 Å². The summed E-state index contributed by atoms with van der Waals surface area (Å²) in [5.41, 5.74) is 2.53. The minimum absolute atomic E-state index is 0.260. The molecule has 0 bridgehead atoms. The molecule has 0 aliphatic carbocycles. The van der Waals surface area contributed by atoms with Crippen molar-refractivity contribution in [2.75, 3.05) is 13.7 Å². The van der Waals surface area contributed by atoms with E-state index in [-0.39, 0.29) is 6.10 Å². The Hall–Kier alpha value is -0.860. The van der Waals surface area contributed by atoms with Crippen molar-refractivity contribution in [3.05, 3.63) is 35.4 Å². The maximum Gasteiger partial charge on any atom is 0.0552 e. The maximum absolute atomic E-state index is 9.23. The van der Waals surface area contributed by atoms with Crippen LogP contribution in [0.25, 0.3) is 0 Å². The Bertz CT molecular complexity index is 264. The third kappa shape index (κ3) is 4.96. The monoisotopic (exact) mass is 208 g/mol. The molecule has 0 aliphatic rings. The van der Waals surface area contributed by atoms with Gasteiger partial charge in [-0.1, -0.05) is 24.3 Å². The van der Waals surface area contributed by atoms with Gasteiger partial charge in [-0.3, -0.25) is 0 Å². The van der Waals surface area contributed by atoms with Crippen molar-refractivity contribution in [1.82, 2.24) is 0 Å². The molecular weight excluding hydrogens is 188 g/mol. The Labute approximate surface area is 91.9 Å². The van der Waals surface area contributed by atoms with E-state index in [1.807, 2.05) is 6.92 Å². The molecule has 0 radical (unpaired) electrons. The molecule has 1 unspecified atom stereocenters. The van der Waals surface area contributed by atoms with E-state index in [4.69, 9.17) is 4.74 Å².